The van der Waals surface area contributed by atoms with E-state index < -0.39 is 22.7 Å². The van der Waals surface area contributed by atoms with E-state index >= 15 is 0 Å². The van der Waals surface area contributed by atoms with Crippen LogP contribution in [0.2, 0.25) is 5.02 Å². The molecule has 0 bridgehead atoms. The first-order valence-corrected chi connectivity index (χ1v) is 11.6. The predicted octanol–water partition coefficient (Wildman–Crippen LogP) is 6.28. The first-order valence-electron chi connectivity index (χ1n) is 11.2. The number of nitrogens with one attached hydrogen (secondary N) is 1. The van der Waals surface area contributed by atoms with E-state index in [1.165, 1.54) is 30.3 Å². The van der Waals surface area contributed by atoms with Crippen LogP contribution in [0.1, 0.15) is 37.5 Å². The van der Waals surface area contributed by atoms with E-state index in [1.807, 2.05) is 13.1 Å². The molecule has 0 fully saturated rings. The number of hydrogen-bond donors (Lipinski definition) is 1. The number of carbonyl (C=O) groups excluding carboxylic acids is 2. The standard InChI is InChI=1S/C27H17ClF3N5O2/c1-15-13-36(14-33-15)24-12-32-22-9-5-17(11-23(22)35-24)25(37)16-2-6-19(7-3-16)34-26(38)18-4-8-21(28)20(10-18)27(29,30)31/h2-14H,1H3,(H,34,38). The highest BCUT2D eigenvalue weighted by Crippen LogP contribution is 2.35. The number of ketones is 1. The Morgan fingerprint density at radius 1 is 0.895 bits per heavy atom. The number of aryl methyl sites for hydroxylation is 1. The number of halogens is 4. The summed E-state index contributed by atoms with van der Waals surface area (Å²) in [7, 11) is 0. The maximum Gasteiger partial charge on any atom is 0.417 e. The first-order chi connectivity index (χ1) is 18.1. The van der Waals surface area contributed by atoms with Gasteiger partial charge in [-0.15, -0.1) is 0 Å². The summed E-state index contributed by atoms with van der Waals surface area (Å²) < 4.78 is 41.0. The third-order valence-corrected chi connectivity index (χ3v) is 6.04. The second-order valence-electron chi connectivity index (χ2n) is 8.41. The third kappa shape index (κ3) is 5.12. The van der Waals surface area contributed by atoms with Gasteiger partial charge in [-0.3, -0.25) is 19.1 Å². The Kier molecular flexibility index (Phi) is 6.41. The maximum atomic E-state index is 13.1. The molecule has 190 valence electrons. The molecule has 0 atom stereocenters. The molecule has 5 rings (SSSR count). The Morgan fingerprint density at radius 3 is 2.29 bits per heavy atom. The normalized spacial score (nSPS) is 11.5. The lowest BCUT2D eigenvalue weighted by Crippen LogP contribution is -2.14. The molecular formula is C27H17ClF3N5O2. The fourth-order valence-electron chi connectivity index (χ4n) is 3.77. The Labute approximate surface area is 218 Å². The lowest BCUT2D eigenvalue weighted by molar-refractivity contribution is -0.137. The number of aromatic nitrogens is 4. The summed E-state index contributed by atoms with van der Waals surface area (Å²) in [6.45, 7) is 1.86. The minimum Gasteiger partial charge on any atom is -0.322 e. The lowest BCUT2D eigenvalue weighted by Gasteiger charge is -2.11. The van der Waals surface area contributed by atoms with Gasteiger partial charge < -0.3 is 5.32 Å². The van der Waals surface area contributed by atoms with Crippen LogP contribution in [-0.2, 0) is 6.18 Å². The SMILES string of the molecule is Cc1cn(-c2cnc3ccc(C(=O)c4ccc(NC(=O)c5ccc(Cl)c(C(F)(F)F)c5)cc4)cc3n2)cn1. The van der Waals surface area contributed by atoms with Crippen molar-refractivity contribution in [3.8, 4) is 5.82 Å². The molecule has 11 heteroatoms. The van der Waals surface area contributed by atoms with Crippen LogP contribution in [-0.4, -0.2) is 31.2 Å². The van der Waals surface area contributed by atoms with Crippen LogP contribution in [0.15, 0.2) is 79.4 Å². The number of nitrogens with zero attached hydrogens (tertiary/aromatic N) is 4. The molecule has 5 aromatic rings. The van der Waals surface area contributed by atoms with Gasteiger partial charge in [-0.2, -0.15) is 13.2 Å². The molecule has 0 aliphatic rings. The average molecular weight is 536 g/mol. The smallest absolute Gasteiger partial charge is 0.322 e. The number of anilines is 1. The number of hydrogen-bond acceptors (Lipinski definition) is 5. The molecule has 0 saturated heterocycles. The van der Waals surface area contributed by atoms with Crippen LogP contribution in [0, 0.1) is 6.92 Å². The second kappa shape index (κ2) is 9.71. The highest BCUT2D eigenvalue weighted by Gasteiger charge is 2.33. The summed E-state index contributed by atoms with van der Waals surface area (Å²) in [6.07, 6.45) is 0.367. The number of benzene rings is 3. The van der Waals surface area contributed by atoms with Crippen molar-refractivity contribution in [3.63, 3.8) is 0 Å². The van der Waals surface area contributed by atoms with Crippen molar-refractivity contribution >= 4 is 40.0 Å². The minimum atomic E-state index is -4.69. The van der Waals surface area contributed by atoms with Gasteiger partial charge in [-0.05, 0) is 67.6 Å². The monoisotopic (exact) mass is 535 g/mol. The zero-order valence-electron chi connectivity index (χ0n) is 19.6. The molecule has 38 heavy (non-hydrogen) atoms. The summed E-state index contributed by atoms with van der Waals surface area (Å²) in [5.74, 6) is -0.461. The van der Waals surface area contributed by atoms with Crippen LogP contribution >= 0.6 is 11.6 Å². The molecule has 1 N–H and O–H groups in total. The van der Waals surface area contributed by atoms with Crippen LogP contribution < -0.4 is 5.32 Å². The Bertz CT molecular complexity index is 1700. The molecule has 1 amide bonds. The number of alkyl halides is 3. The summed E-state index contributed by atoms with van der Waals surface area (Å²) in [4.78, 5) is 38.7. The molecule has 0 unspecified atom stereocenters. The van der Waals surface area contributed by atoms with Crippen molar-refractivity contribution in [2.24, 2.45) is 0 Å². The van der Waals surface area contributed by atoms with Gasteiger partial charge in [0.2, 0.25) is 0 Å². The van der Waals surface area contributed by atoms with Gasteiger partial charge in [-0.25, -0.2) is 9.97 Å². The molecule has 3 aromatic carbocycles. The van der Waals surface area contributed by atoms with Gasteiger partial charge in [0, 0.05) is 28.6 Å². The van der Waals surface area contributed by atoms with Crippen molar-refractivity contribution in [2.45, 2.75) is 13.1 Å². The molecule has 0 spiro atoms. The largest absolute Gasteiger partial charge is 0.417 e. The fraction of sp³-hybridized carbons (Fsp3) is 0.0741. The molecule has 2 heterocycles. The highest BCUT2D eigenvalue weighted by atomic mass is 35.5. The van der Waals surface area contributed by atoms with Crippen LogP contribution in [0.4, 0.5) is 18.9 Å². The van der Waals surface area contributed by atoms with E-state index in [9.17, 15) is 22.8 Å². The predicted molar refractivity (Wildman–Crippen MR) is 136 cm³/mol. The Morgan fingerprint density at radius 2 is 1.61 bits per heavy atom. The molecule has 2 aromatic heterocycles. The van der Waals surface area contributed by atoms with Crippen molar-refractivity contribution in [1.82, 2.24) is 19.5 Å². The lowest BCUT2D eigenvalue weighted by atomic mass is 10.0. The molecule has 7 nitrogen and oxygen atoms in total. The molecule has 0 aliphatic heterocycles. The van der Waals surface area contributed by atoms with Crippen LogP contribution in [0.5, 0.6) is 0 Å². The van der Waals surface area contributed by atoms with E-state index in [1.54, 1.807) is 35.3 Å². The fourth-order valence-corrected chi connectivity index (χ4v) is 4.00. The summed E-state index contributed by atoms with van der Waals surface area (Å²) in [5, 5.41) is 2.03. The van der Waals surface area contributed by atoms with Crippen molar-refractivity contribution in [2.75, 3.05) is 5.32 Å². The second-order valence-corrected chi connectivity index (χ2v) is 8.81. The van der Waals surface area contributed by atoms with Crippen LogP contribution in [0.25, 0.3) is 16.9 Å². The third-order valence-electron chi connectivity index (χ3n) is 5.71. The summed E-state index contributed by atoms with van der Waals surface area (Å²) in [5.41, 5.74) is 1.73. The summed E-state index contributed by atoms with van der Waals surface area (Å²) >= 11 is 5.62. The Balaban J connectivity index is 1.34. The van der Waals surface area contributed by atoms with Crippen molar-refractivity contribution < 1.29 is 22.8 Å². The molecule has 0 aliphatic carbocycles. The topological polar surface area (TPSA) is 89.8 Å². The van der Waals surface area contributed by atoms with Gasteiger partial charge in [0.15, 0.2) is 11.6 Å². The highest BCUT2D eigenvalue weighted by molar-refractivity contribution is 6.31. The summed E-state index contributed by atoms with van der Waals surface area (Å²) in [6, 6.07) is 13.9. The van der Waals surface area contributed by atoms with Gasteiger partial charge >= 0.3 is 6.18 Å². The van der Waals surface area contributed by atoms with Crippen LogP contribution in [0.3, 0.4) is 0 Å². The van der Waals surface area contributed by atoms with Crippen molar-refractivity contribution in [3.05, 3.63) is 112 Å². The zero-order chi connectivity index (χ0) is 27.0. The maximum absolute atomic E-state index is 13.1. The van der Waals surface area contributed by atoms with Gasteiger partial charge in [0.25, 0.3) is 5.91 Å². The van der Waals surface area contributed by atoms with E-state index in [-0.39, 0.29) is 11.3 Å². The molecule has 0 radical (unpaired) electrons. The number of amides is 1. The van der Waals surface area contributed by atoms with E-state index in [0.29, 0.717) is 39.7 Å². The number of carbonyl (C=O) groups is 2. The Hall–Kier alpha value is -4.57. The van der Waals surface area contributed by atoms with Crippen molar-refractivity contribution in [1.29, 1.82) is 0 Å². The number of fused-ring (bicyclic) bond motifs is 1. The number of rotatable bonds is 5. The van der Waals surface area contributed by atoms with E-state index in [4.69, 9.17) is 11.6 Å². The molecular weight excluding hydrogens is 519 g/mol. The van der Waals surface area contributed by atoms with E-state index in [2.05, 4.69) is 20.3 Å². The van der Waals surface area contributed by atoms with Gasteiger partial charge in [0.05, 0.1) is 33.5 Å². The number of imidazole rings is 1. The van der Waals surface area contributed by atoms with Gasteiger partial charge in [0.1, 0.15) is 6.33 Å². The zero-order valence-corrected chi connectivity index (χ0v) is 20.4. The quantitative estimate of drug-likeness (QED) is 0.268. The first kappa shape index (κ1) is 25.1. The molecule has 0 saturated carbocycles. The van der Waals surface area contributed by atoms with Gasteiger partial charge in [-0.1, -0.05) is 11.6 Å². The van der Waals surface area contributed by atoms with E-state index in [0.717, 1.165) is 11.8 Å². The minimum absolute atomic E-state index is 0.204. The average Bonchev–Trinajstić information content (AvgIpc) is 3.34.